The zero-order chi connectivity index (χ0) is 23.4. The molecule has 23 heavy (non-hydrogen) atoms. The number of rotatable bonds is 0. The van der Waals surface area contributed by atoms with Crippen molar-refractivity contribution in [2.24, 2.45) is 34.2 Å². The molecule has 2 N–H and O–H groups in total. The van der Waals surface area contributed by atoms with E-state index in [1.807, 2.05) is 0 Å². The van der Waals surface area contributed by atoms with Crippen molar-refractivity contribution in [3.8, 4) is 12.3 Å². The highest BCUT2D eigenvalue weighted by Crippen LogP contribution is 2.64. The standard InChI is InChI=1S/C20H27NO2/c1-3-20(22)11-9-18-17-6-4-13-12-14(21-23)5-7-15(13)16(17)8-10-19(18,20)2/h1,12,15-18,22-23H,4-11H2,2H3/t15-,16?,17?,18?,19-,20-/m0/s1/i4D2,5D2,11D2,12D,15D. The van der Waals surface area contributed by atoms with Gasteiger partial charge in [0.1, 0.15) is 5.60 Å². The van der Waals surface area contributed by atoms with Crippen LogP contribution in [-0.2, 0) is 0 Å². The largest absolute Gasteiger partial charge is 0.411 e. The van der Waals surface area contributed by atoms with Gasteiger partial charge in [-0.05, 0) is 80.9 Å². The number of allylic oxidation sites excluding steroid dienone is 2. The summed E-state index contributed by atoms with van der Waals surface area (Å²) in [6.07, 6.45) is -0.862. The highest BCUT2D eigenvalue weighted by atomic mass is 16.4. The number of hydrogen-bond acceptors (Lipinski definition) is 3. The quantitative estimate of drug-likeness (QED) is 0.405. The smallest absolute Gasteiger partial charge is 0.130 e. The van der Waals surface area contributed by atoms with Crippen LogP contribution in [0, 0.1) is 41.4 Å². The maximum atomic E-state index is 11.2. The number of oxime groups is 1. The Hall–Kier alpha value is -1.27. The van der Waals surface area contributed by atoms with Gasteiger partial charge in [0.05, 0.1) is 7.08 Å². The SMILES string of the molecule is [2H]C1=C2C([2H])([2H])CC3C(CC[C@@]4(C)C3CC([2H])([2H])[C@@]4(O)C#C)[C@@]2([2H])CC([2H])([2H])C1=NO. The Labute approximate surface area is 150 Å². The molecule has 124 valence electrons. The molecule has 0 aromatic rings. The van der Waals surface area contributed by atoms with Crippen LogP contribution < -0.4 is 0 Å². The van der Waals surface area contributed by atoms with Gasteiger partial charge in [0.2, 0.25) is 0 Å². The van der Waals surface area contributed by atoms with Crippen molar-refractivity contribution in [3.05, 3.63) is 11.6 Å². The first-order valence-electron chi connectivity index (χ1n) is 12.2. The van der Waals surface area contributed by atoms with Gasteiger partial charge in [-0.3, -0.25) is 0 Å². The van der Waals surface area contributed by atoms with Crippen LogP contribution in [0.15, 0.2) is 16.8 Å². The van der Waals surface area contributed by atoms with Crippen LogP contribution in [0.4, 0.5) is 0 Å². The van der Waals surface area contributed by atoms with Gasteiger partial charge in [-0.1, -0.05) is 23.6 Å². The second kappa shape index (κ2) is 5.11. The van der Waals surface area contributed by atoms with E-state index in [0.29, 0.717) is 12.8 Å². The zero-order valence-electron chi connectivity index (χ0n) is 21.2. The molecule has 3 unspecified atom stereocenters. The summed E-state index contributed by atoms with van der Waals surface area (Å²) >= 11 is 0. The van der Waals surface area contributed by atoms with Crippen LogP contribution in [0.2, 0.25) is 0 Å². The van der Waals surface area contributed by atoms with E-state index in [2.05, 4.69) is 11.1 Å². The first-order chi connectivity index (χ1) is 14.0. The fourth-order valence-corrected chi connectivity index (χ4v) is 5.09. The van der Waals surface area contributed by atoms with E-state index in [0.717, 1.165) is 0 Å². The second-order valence-corrected chi connectivity index (χ2v) is 7.28. The monoisotopic (exact) mass is 321 g/mol. The van der Waals surface area contributed by atoms with Crippen LogP contribution >= 0.6 is 0 Å². The number of terminal acetylenes is 1. The molecular weight excluding hydrogens is 286 g/mol. The summed E-state index contributed by atoms with van der Waals surface area (Å²) in [5.74, 6) is -0.995. The van der Waals surface area contributed by atoms with E-state index >= 15 is 0 Å². The predicted molar refractivity (Wildman–Crippen MR) is 90.1 cm³/mol. The molecule has 0 amide bonds. The summed E-state index contributed by atoms with van der Waals surface area (Å²) in [5, 5.41) is 23.4. The van der Waals surface area contributed by atoms with Crippen LogP contribution in [0.5, 0.6) is 0 Å². The zero-order valence-corrected chi connectivity index (χ0v) is 13.2. The van der Waals surface area contributed by atoms with E-state index in [4.69, 9.17) is 16.0 Å². The summed E-state index contributed by atoms with van der Waals surface area (Å²) in [7, 11) is 0. The van der Waals surface area contributed by atoms with Crippen LogP contribution in [0.1, 0.15) is 69.1 Å². The van der Waals surface area contributed by atoms with E-state index in [9.17, 15) is 11.7 Å². The average molecular weight is 321 g/mol. The lowest BCUT2D eigenvalue weighted by Gasteiger charge is -2.54. The van der Waals surface area contributed by atoms with E-state index in [1.165, 1.54) is 0 Å². The summed E-state index contributed by atoms with van der Waals surface area (Å²) in [6.45, 7) is 1.74. The molecule has 4 aliphatic rings. The Morgan fingerprint density at radius 3 is 2.96 bits per heavy atom. The Balaban J connectivity index is 1.89. The topological polar surface area (TPSA) is 52.8 Å². The van der Waals surface area contributed by atoms with Crippen molar-refractivity contribution in [2.75, 3.05) is 0 Å². The molecule has 3 fully saturated rings. The lowest BCUT2D eigenvalue weighted by molar-refractivity contribution is -0.0852. The minimum atomic E-state index is -2.28. The minimum absolute atomic E-state index is 0.0689. The molecule has 0 aromatic carbocycles. The lowest BCUT2D eigenvalue weighted by Crippen LogP contribution is -2.52. The number of hydrogen-bond donors (Lipinski definition) is 2. The number of fused-ring (bicyclic) bond motifs is 5. The molecular formula is C20H27NO2. The van der Waals surface area contributed by atoms with Gasteiger partial charge in [-0.25, -0.2) is 0 Å². The van der Waals surface area contributed by atoms with Gasteiger partial charge in [0, 0.05) is 15.0 Å². The van der Waals surface area contributed by atoms with Gasteiger partial charge < -0.3 is 10.3 Å². The fraction of sp³-hybridized carbons (Fsp3) is 0.750. The molecule has 0 aromatic heterocycles. The van der Waals surface area contributed by atoms with Crippen molar-refractivity contribution in [1.82, 2.24) is 0 Å². The third-order valence-electron chi connectivity index (χ3n) is 6.51. The van der Waals surface area contributed by atoms with E-state index in [1.54, 1.807) is 6.92 Å². The Bertz CT molecular complexity index is 940. The molecule has 3 nitrogen and oxygen atoms in total. The van der Waals surface area contributed by atoms with E-state index < -0.39 is 72.0 Å². The highest BCUT2D eigenvalue weighted by molar-refractivity contribution is 5.96. The number of nitrogens with zero attached hydrogens (tertiary/aromatic N) is 1. The summed E-state index contributed by atoms with van der Waals surface area (Å²) in [4.78, 5) is 0. The molecule has 0 aliphatic heterocycles. The van der Waals surface area contributed by atoms with Crippen molar-refractivity contribution in [3.63, 3.8) is 0 Å². The van der Waals surface area contributed by atoms with Gasteiger partial charge in [0.15, 0.2) is 0 Å². The summed E-state index contributed by atoms with van der Waals surface area (Å²) in [5.41, 5.74) is -3.75. The van der Waals surface area contributed by atoms with Crippen LogP contribution in [0.3, 0.4) is 0 Å². The lowest BCUT2D eigenvalue weighted by atomic mass is 9.50. The molecule has 0 saturated heterocycles. The Morgan fingerprint density at radius 1 is 1.39 bits per heavy atom. The highest BCUT2D eigenvalue weighted by Gasteiger charge is 2.61. The summed E-state index contributed by atoms with van der Waals surface area (Å²) in [6, 6.07) is -0.563. The van der Waals surface area contributed by atoms with Crippen molar-refractivity contribution in [1.29, 1.82) is 0 Å². The molecule has 0 radical (unpaired) electrons. The number of aliphatic hydroxyl groups is 1. The van der Waals surface area contributed by atoms with Gasteiger partial charge in [-0.2, -0.15) is 0 Å². The van der Waals surface area contributed by atoms with Crippen LogP contribution in [0.25, 0.3) is 0 Å². The molecule has 3 saturated carbocycles. The van der Waals surface area contributed by atoms with E-state index in [-0.39, 0.29) is 18.4 Å². The summed E-state index contributed by atoms with van der Waals surface area (Å²) < 4.78 is 68.5. The Morgan fingerprint density at radius 2 is 2.22 bits per heavy atom. The predicted octanol–water partition coefficient (Wildman–Crippen LogP) is 3.75. The molecule has 4 aliphatic carbocycles. The van der Waals surface area contributed by atoms with Gasteiger partial charge in [0.25, 0.3) is 0 Å². The van der Waals surface area contributed by atoms with Gasteiger partial charge >= 0.3 is 0 Å². The second-order valence-electron chi connectivity index (χ2n) is 7.28. The maximum Gasteiger partial charge on any atom is 0.130 e. The molecule has 0 heterocycles. The van der Waals surface area contributed by atoms with Crippen molar-refractivity contribution < 1.29 is 21.3 Å². The first-order valence-corrected chi connectivity index (χ1v) is 8.17. The minimum Gasteiger partial charge on any atom is -0.411 e. The van der Waals surface area contributed by atoms with Crippen LogP contribution in [-0.4, -0.2) is 21.6 Å². The Kier molecular flexibility index (Phi) is 1.94. The first kappa shape index (κ1) is 8.72. The van der Waals surface area contributed by atoms with Crippen molar-refractivity contribution in [2.45, 2.75) is 63.7 Å². The molecule has 6 atom stereocenters. The molecule has 0 spiro atoms. The van der Waals surface area contributed by atoms with Gasteiger partial charge in [-0.15, -0.1) is 6.42 Å². The third-order valence-corrected chi connectivity index (χ3v) is 6.51. The molecule has 0 bridgehead atoms. The normalized spacial score (nSPS) is 65.8. The average Bonchev–Trinajstić information content (AvgIpc) is 2.77. The third kappa shape index (κ3) is 1.97. The fourth-order valence-electron chi connectivity index (χ4n) is 5.09. The maximum absolute atomic E-state index is 11.2. The molecule has 3 heteroatoms. The molecule has 4 rings (SSSR count). The van der Waals surface area contributed by atoms with Crippen molar-refractivity contribution >= 4 is 5.71 Å².